The topological polar surface area (TPSA) is 86.8 Å². The molecule has 1 atom stereocenters. The Bertz CT molecular complexity index is 1030. The van der Waals surface area contributed by atoms with Crippen molar-refractivity contribution in [3.8, 4) is 0 Å². The van der Waals surface area contributed by atoms with Crippen LogP contribution in [0.3, 0.4) is 0 Å². The highest BCUT2D eigenvalue weighted by Gasteiger charge is 2.31. The summed E-state index contributed by atoms with van der Waals surface area (Å²) in [6.07, 6.45) is 1.34. The fourth-order valence-corrected chi connectivity index (χ4v) is 4.43. The Balaban J connectivity index is 2.45. The van der Waals surface area contributed by atoms with Crippen molar-refractivity contribution in [2.75, 3.05) is 24.2 Å². The van der Waals surface area contributed by atoms with Gasteiger partial charge in [-0.1, -0.05) is 60.5 Å². The molecule has 2 rings (SSSR count). The van der Waals surface area contributed by atoms with E-state index in [1.807, 2.05) is 30.3 Å². The normalized spacial score (nSPS) is 12.2. The minimum Gasteiger partial charge on any atom is -0.357 e. The van der Waals surface area contributed by atoms with E-state index in [9.17, 15) is 18.0 Å². The van der Waals surface area contributed by atoms with Gasteiger partial charge >= 0.3 is 0 Å². The molecular formula is C21H25Cl2N3O4S. The second kappa shape index (κ2) is 10.8. The molecule has 2 amide bonds. The summed E-state index contributed by atoms with van der Waals surface area (Å²) in [5, 5.41) is 2.98. The number of anilines is 1. The number of nitrogens with zero attached hydrogens (tertiary/aromatic N) is 2. The quantitative estimate of drug-likeness (QED) is 0.589. The monoisotopic (exact) mass is 485 g/mol. The standard InChI is InChI=1S/C21H25Cl2N3O4S/c1-4-18(21(28)24-2)25(13-15-8-6-5-7-9-15)20(27)14-26(31(3,29)30)19-12-16(22)10-11-17(19)23/h5-12,18H,4,13-14H2,1-3H3,(H,24,28)/t18-/m1/s1. The Labute approximate surface area is 193 Å². The Hall–Kier alpha value is -2.29. The SMILES string of the molecule is CC[C@H](C(=O)NC)N(Cc1ccccc1)C(=O)CN(c1cc(Cl)ccc1Cl)S(C)(=O)=O. The second-order valence-corrected chi connectivity index (χ2v) is 9.66. The third-order valence-electron chi connectivity index (χ3n) is 4.68. The third kappa shape index (κ3) is 6.59. The lowest BCUT2D eigenvalue weighted by Gasteiger charge is -2.32. The van der Waals surface area contributed by atoms with Gasteiger partial charge in [-0.05, 0) is 30.2 Å². The predicted molar refractivity (Wildman–Crippen MR) is 124 cm³/mol. The fourth-order valence-electron chi connectivity index (χ4n) is 3.14. The Morgan fingerprint density at radius 3 is 2.29 bits per heavy atom. The first-order valence-corrected chi connectivity index (χ1v) is 12.2. The van der Waals surface area contributed by atoms with Crippen LogP contribution in [0.5, 0.6) is 0 Å². The molecule has 0 aliphatic carbocycles. The van der Waals surface area contributed by atoms with Crippen LogP contribution in [0.2, 0.25) is 10.0 Å². The molecule has 0 heterocycles. The van der Waals surface area contributed by atoms with Crippen LogP contribution in [0.1, 0.15) is 18.9 Å². The molecule has 0 bridgehead atoms. The van der Waals surface area contributed by atoms with Crippen LogP contribution < -0.4 is 9.62 Å². The smallest absolute Gasteiger partial charge is 0.244 e. The number of rotatable bonds is 9. The van der Waals surface area contributed by atoms with Gasteiger partial charge in [-0.25, -0.2) is 8.42 Å². The van der Waals surface area contributed by atoms with E-state index >= 15 is 0 Å². The molecule has 0 aliphatic heterocycles. The molecule has 0 spiro atoms. The Morgan fingerprint density at radius 2 is 1.74 bits per heavy atom. The molecule has 1 N–H and O–H groups in total. The van der Waals surface area contributed by atoms with E-state index in [1.165, 1.54) is 30.1 Å². The number of benzene rings is 2. The number of halogens is 2. The van der Waals surface area contributed by atoms with Gasteiger partial charge in [0.05, 0.1) is 17.0 Å². The highest BCUT2D eigenvalue weighted by molar-refractivity contribution is 7.92. The van der Waals surface area contributed by atoms with Crippen molar-refractivity contribution in [2.45, 2.75) is 25.9 Å². The lowest BCUT2D eigenvalue weighted by atomic mass is 10.1. The first-order chi connectivity index (χ1) is 14.6. The minimum absolute atomic E-state index is 0.0951. The van der Waals surface area contributed by atoms with E-state index in [0.717, 1.165) is 16.1 Å². The van der Waals surface area contributed by atoms with Crippen LogP contribution in [0, 0.1) is 0 Å². The zero-order valence-corrected chi connectivity index (χ0v) is 19.8. The first kappa shape index (κ1) is 25.0. The van der Waals surface area contributed by atoms with E-state index in [4.69, 9.17) is 23.2 Å². The van der Waals surface area contributed by atoms with Gasteiger partial charge in [0.25, 0.3) is 0 Å². The van der Waals surface area contributed by atoms with E-state index in [-0.39, 0.29) is 28.2 Å². The maximum Gasteiger partial charge on any atom is 0.244 e. The summed E-state index contributed by atoms with van der Waals surface area (Å²) >= 11 is 12.2. The molecule has 0 unspecified atom stereocenters. The van der Waals surface area contributed by atoms with Crippen LogP contribution in [-0.2, 0) is 26.2 Å². The maximum atomic E-state index is 13.4. The van der Waals surface area contributed by atoms with Crippen LogP contribution in [0.4, 0.5) is 5.69 Å². The summed E-state index contributed by atoms with van der Waals surface area (Å²) in [5.74, 6) is -0.876. The van der Waals surface area contributed by atoms with Crippen molar-refractivity contribution in [1.29, 1.82) is 0 Å². The average Bonchev–Trinajstić information content (AvgIpc) is 2.73. The van der Waals surface area contributed by atoms with Gasteiger partial charge in [-0.2, -0.15) is 0 Å². The van der Waals surface area contributed by atoms with Crippen LogP contribution in [0.15, 0.2) is 48.5 Å². The van der Waals surface area contributed by atoms with Gasteiger partial charge in [0.2, 0.25) is 21.8 Å². The lowest BCUT2D eigenvalue weighted by molar-refractivity contribution is -0.140. The number of hydrogen-bond acceptors (Lipinski definition) is 4. The summed E-state index contributed by atoms with van der Waals surface area (Å²) in [7, 11) is -2.38. The summed E-state index contributed by atoms with van der Waals surface area (Å²) in [6, 6.07) is 12.8. The predicted octanol–water partition coefficient (Wildman–Crippen LogP) is 3.31. The fraction of sp³-hybridized carbons (Fsp3) is 0.333. The summed E-state index contributed by atoms with van der Waals surface area (Å²) in [4.78, 5) is 27.2. The highest BCUT2D eigenvalue weighted by atomic mass is 35.5. The number of nitrogens with one attached hydrogen (secondary N) is 1. The molecule has 168 valence electrons. The van der Waals surface area contributed by atoms with Crippen molar-refractivity contribution < 1.29 is 18.0 Å². The number of sulfonamides is 1. The van der Waals surface area contributed by atoms with Gasteiger partial charge in [0, 0.05) is 18.6 Å². The molecule has 10 heteroatoms. The molecule has 0 aliphatic rings. The summed E-state index contributed by atoms with van der Waals surface area (Å²) in [6.45, 7) is 1.40. The first-order valence-electron chi connectivity index (χ1n) is 9.56. The largest absolute Gasteiger partial charge is 0.357 e. The van der Waals surface area contributed by atoms with Crippen molar-refractivity contribution in [1.82, 2.24) is 10.2 Å². The number of likely N-dealkylation sites (N-methyl/N-ethyl adjacent to an activating group) is 1. The van der Waals surface area contributed by atoms with Gasteiger partial charge < -0.3 is 10.2 Å². The molecule has 2 aromatic carbocycles. The van der Waals surface area contributed by atoms with Gasteiger partial charge in [0.1, 0.15) is 12.6 Å². The van der Waals surface area contributed by atoms with Crippen LogP contribution in [-0.4, -0.2) is 51.0 Å². The van der Waals surface area contributed by atoms with E-state index in [0.29, 0.717) is 6.42 Å². The van der Waals surface area contributed by atoms with Crippen molar-refractivity contribution >= 4 is 50.7 Å². The molecule has 0 saturated carbocycles. The van der Waals surface area contributed by atoms with E-state index in [1.54, 1.807) is 6.92 Å². The van der Waals surface area contributed by atoms with Gasteiger partial charge in [0.15, 0.2) is 0 Å². The highest BCUT2D eigenvalue weighted by Crippen LogP contribution is 2.31. The van der Waals surface area contributed by atoms with E-state index < -0.39 is 28.5 Å². The maximum absolute atomic E-state index is 13.4. The molecule has 7 nitrogen and oxygen atoms in total. The Kier molecular flexibility index (Phi) is 8.73. The van der Waals surface area contributed by atoms with Gasteiger partial charge in [-0.3, -0.25) is 13.9 Å². The lowest BCUT2D eigenvalue weighted by Crippen LogP contribution is -2.51. The molecule has 31 heavy (non-hydrogen) atoms. The van der Waals surface area contributed by atoms with Crippen molar-refractivity contribution in [3.63, 3.8) is 0 Å². The molecule has 0 aromatic heterocycles. The summed E-state index contributed by atoms with van der Waals surface area (Å²) < 4.78 is 25.9. The van der Waals surface area contributed by atoms with Crippen LogP contribution >= 0.6 is 23.2 Å². The average molecular weight is 486 g/mol. The van der Waals surface area contributed by atoms with Crippen molar-refractivity contribution in [3.05, 3.63) is 64.1 Å². The summed E-state index contributed by atoms with van der Waals surface area (Å²) in [5.41, 5.74) is 0.905. The number of amides is 2. The number of carbonyl (C=O) groups is 2. The number of hydrogen-bond donors (Lipinski definition) is 1. The number of carbonyl (C=O) groups excluding carboxylic acids is 2. The zero-order chi connectivity index (χ0) is 23.2. The second-order valence-electron chi connectivity index (χ2n) is 6.91. The third-order valence-corrected chi connectivity index (χ3v) is 6.37. The zero-order valence-electron chi connectivity index (χ0n) is 17.5. The molecule has 0 radical (unpaired) electrons. The van der Waals surface area contributed by atoms with Crippen molar-refractivity contribution in [2.24, 2.45) is 0 Å². The van der Waals surface area contributed by atoms with Crippen LogP contribution in [0.25, 0.3) is 0 Å². The van der Waals surface area contributed by atoms with E-state index in [2.05, 4.69) is 5.32 Å². The minimum atomic E-state index is -3.87. The molecule has 0 saturated heterocycles. The Morgan fingerprint density at radius 1 is 1.10 bits per heavy atom. The molecular weight excluding hydrogens is 461 g/mol. The molecule has 0 fully saturated rings. The van der Waals surface area contributed by atoms with Gasteiger partial charge in [-0.15, -0.1) is 0 Å². The molecule has 2 aromatic rings.